The molecule has 1 unspecified atom stereocenters. The Kier molecular flexibility index (Phi) is 3.03. The van der Waals surface area contributed by atoms with E-state index < -0.39 is 0 Å². The van der Waals surface area contributed by atoms with Crippen molar-refractivity contribution in [3.05, 3.63) is 16.1 Å². The van der Waals surface area contributed by atoms with E-state index in [1.165, 1.54) is 6.42 Å². The third-order valence-electron chi connectivity index (χ3n) is 2.73. The topological polar surface area (TPSA) is 45.9 Å². The van der Waals surface area contributed by atoms with Gasteiger partial charge in [-0.15, -0.1) is 11.3 Å². The lowest BCUT2D eigenvalue weighted by molar-refractivity contribution is -0.0702. The van der Waals surface area contributed by atoms with Crippen LogP contribution in [0.15, 0.2) is 5.38 Å². The number of aromatic nitrogens is 1. The van der Waals surface area contributed by atoms with Crippen LogP contribution in [0.3, 0.4) is 0 Å². The van der Waals surface area contributed by atoms with Crippen molar-refractivity contribution in [2.45, 2.75) is 38.2 Å². The molecule has 15 heavy (non-hydrogen) atoms. The van der Waals surface area contributed by atoms with E-state index in [2.05, 4.69) is 18.0 Å². The van der Waals surface area contributed by atoms with Crippen molar-refractivity contribution in [1.29, 1.82) is 5.26 Å². The minimum absolute atomic E-state index is 0.212. The van der Waals surface area contributed by atoms with E-state index in [9.17, 15) is 0 Å². The molecule has 1 aromatic rings. The van der Waals surface area contributed by atoms with Gasteiger partial charge in [-0.2, -0.15) is 5.26 Å². The molecule has 1 fully saturated rings. The van der Waals surface area contributed by atoms with E-state index in [1.54, 1.807) is 11.3 Å². The molecule has 0 aliphatic carbocycles. The van der Waals surface area contributed by atoms with Crippen LogP contribution in [0.2, 0.25) is 0 Å². The van der Waals surface area contributed by atoms with Gasteiger partial charge in [-0.05, 0) is 26.2 Å². The van der Waals surface area contributed by atoms with Crippen molar-refractivity contribution in [1.82, 2.24) is 4.98 Å². The first-order valence-corrected chi connectivity index (χ1v) is 6.08. The van der Waals surface area contributed by atoms with E-state index in [1.807, 2.05) is 5.38 Å². The lowest BCUT2D eigenvalue weighted by Crippen LogP contribution is -2.30. The van der Waals surface area contributed by atoms with Crippen LogP contribution in [0.4, 0.5) is 0 Å². The van der Waals surface area contributed by atoms with Gasteiger partial charge in [-0.25, -0.2) is 4.98 Å². The Morgan fingerprint density at radius 1 is 1.67 bits per heavy atom. The van der Waals surface area contributed by atoms with Gasteiger partial charge in [0.25, 0.3) is 0 Å². The van der Waals surface area contributed by atoms with E-state index in [0.29, 0.717) is 6.42 Å². The van der Waals surface area contributed by atoms with Gasteiger partial charge in [0.1, 0.15) is 10.6 Å². The molecule has 1 aliphatic heterocycles. The number of hydrogen-bond donors (Lipinski definition) is 0. The second-order valence-corrected chi connectivity index (χ2v) is 4.87. The highest BCUT2D eigenvalue weighted by atomic mass is 32.1. The summed E-state index contributed by atoms with van der Waals surface area (Å²) in [6.07, 6.45) is 3.77. The molecule has 2 heterocycles. The van der Waals surface area contributed by atoms with Crippen molar-refractivity contribution >= 4 is 11.3 Å². The third-order valence-corrected chi connectivity index (χ3v) is 3.87. The van der Waals surface area contributed by atoms with E-state index in [0.717, 1.165) is 30.2 Å². The van der Waals surface area contributed by atoms with E-state index in [-0.39, 0.29) is 5.60 Å². The molecule has 2 rings (SSSR count). The molecular formula is C11H14N2OS. The number of nitrogens with zero attached hydrogens (tertiary/aromatic N) is 2. The summed E-state index contributed by atoms with van der Waals surface area (Å²) in [4.78, 5) is 4.47. The molecule has 80 valence electrons. The van der Waals surface area contributed by atoms with Crippen LogP contribution in [-0.2, 0) is 16.8 Å². The maximum absolute atomic E-state index is 8.59. The molecule has 1 aliphatic rings. The van der Waals surface area contributed by atoms with Gasteiger partial charge in [-0.3, -0.25) is 0 Å². The number of ether oxygens (including phenoxy) is 1. The van der Waals surface area contributed by atoms with E-state index >= 15 is 0 Å². The molecule has 0 radical (unpaired) electrons. The van der Waals surface area contributed by atoms with Crippen LogP contribution in [0.5, 0.6) is 0 Å². The SMILES string of the molecule is CC1(c2nc(CC#N)cs2)CCCCO1. The monoisotopic (exact) mass is 222 g/mol. The predicted octanol–water partition coefficient (Wildman–Crippen LogP) is 2.62. The van der Waals surface area contributed by atoms with Crippen molar-refractivity contribution in [2.75, 3.05) is 6.61 Å². The fraction of sp³-hybridized carbons (Fsp3) is 0.636. The van der Waals surface area contributed by atoms with Crippen LogP contribution in [0, 0.1) is 11.3 Å². The zero-order valence-corrected chi connectivity index (χ0v) is 9.64. The molecule has 0 spiro atoms. The van der Waals surface area contributed by atoms with Gasteiger partial charge in [-0.1, -0.05) is 0 Å². The van der Waals surface area contributed by atoms with Gasteiger partial charge in [0.15, 0.2) is 0 Å². The molecule has 1 atom stereocenters. The van der Waals surface area contributed by atoms with Crippen molar-refractivity contribution in [2.24, 2.45) is 0 Å². The average molecular weight is 222 g/mol. The average Bonchev–Trinajstić information content (AvgIpc) is 2.69. The third kappa shape index (κ3) is 2.19. The number of hydrogen-bond acceptors (Lipinski definition) is 4. The summed E-state index contributed by atoms with van der Waals surface area (Å²) in [5.74, 6) is 0. The second kappa shape index (κ2) is 4.30. The summed E-state index contributed by atoms with van der Waals surface area (Å²) in [6, 6.07) is 2.12. The Labute approximate surface area is 93.7 Å². The molecule has 0 N–H and O–H groups in total. The minimum Gasteiger partial charge on any atom is -0.368 e. The van der Waals surface area contributed by atoms with Crippen LogP contribution in [0.25, 0.3) is 0 Å². The molecule has 3 nitrogen and oxygen atoms in total. The smallest absolute Gasteiger partial charge is 0.125 e. The van der Waals surface area contributed by atoms with Gasteiger partial charge >= 0.3 is 0 Å². The second-order valence-electron chi connectivity index (χ2n) is 4.02. The standard InChI is InChI=1S/C11H14N2OS/c1-11(5-2-3-7-14-11)10-13-9(4-6-12)8-15-10/h8H,2-5,7H2,1H3. The number of thiazole rings is 1. The van der Waals surface area contributed by atoms with Crippen LogP contribution >= 0.6 is 11.3 Å². The summed E-state index contributed by atoms with van der Waals surface area (Å²) in [5.41, 5.74) is 0.657. The first kappa shape index (κ1) is 10.6. The zero-order chi connectivity index (χ0) is 10.7. The molecule has 1 aromatic heterocycles. The summed E-state index contributed by atoms with van der Waals surface area (Å²) in [5, 5.41) is 11.6. The van der Waals surface area contributed by atoms with E-state index in [4.69, 9.17) is 10.00 Å². The summed E-state index contributed by atoms with van der Waals surface area (Å²) in [7, 11) is 0. The summed E-state index contributed by atoms with van der Waals surface area (Å²) < 4.78 is 5.81. The molecular weight excluding hydrogens is 208 g/mol. The predicted molar refractivity (Wildman–Crippen MR) is 58.6 cm³/mol. The normalized spacial score (nSPS) is 26.1. The molecule has 4 heteroatoms. The fourth-order valence-electron chi connectivity index (χ4n) is 1.81. The van der Waals surface area contributed by atoms with Crippen LogP contribution in [-0.4, -0.2) is 11.6 Å². The Balaban J connectivity index is 2.17. The maximum Gasteiger partial charge on any atom is 0.125 e. The Morgan fingerprint density at radius 2 is 2.53 bits per heavy atom. The highest BCUT2D eigenvalue weighted by Crippen LogP contribution is 2.36. The summed E-state index contributed by atoms with van der Waals surface area (Å²) >= 11 is 1.61. The highest BCUT2D eigenvalue weighted by molar-refractivity contribution is 7.09. The maximum atomic E-state index is 8.59. The first-order valence-electron chi connectivity index (χ1n) is 5.20. The zero-order valence-electron chi connectivity index (χ0n) is 8.82. The molecule has 0 aromatic carbocycles. The van der Waals surface area contributed by atoms with Gasteiger partial charge in [0.2, 0.25) is 0 Å². The lowest BCUT2D eigenvalue weighted by atomic mass is 9.97. The number of nitriles is 1. The highest BCUT2D eigenvalue weighted by Gasteiger charge is 2.32. The van der Waals surface area contributed by atoms with Crippen molar-refractivity contribution < 1.29 is 4.74 Å². The quantitative estimate of drug-likeness (QED) is 0.772. The van der Waals surface area contributed by atoms with Gasteiger partial charge < -0.3 is 4.74 Å². The Morgan fingerprint density at radius 3 is 3.20 bits per heavy atom. The Hall–Kier alpha value is -0.920. The van der Waals surface area contributed by atoms with Gasteiger partial charge in [0, 0.05) is 12.0 Å². The molecule has 0 bridgehead atoms. The van der Waals surface area contributed by atoms with Gasteiger partial charge in [0.05, 0.1) is 18.2 Å². The number of rotatable bonds is 2. The molecule has 1 saturated heterocycles. The lowest BCUT2D eigenvalue weighted by Gasteiger charge is -2.31. The van der Waals surface area contributed by atoms with Crippen LogP contribution < -0.4 is 0 Å². The largest absolute Gasteiger partial charge is 0.368 e. The molecule has 0 saturated carbocycles. The minimum atomic E-state index is -0.212. The fourth-order valence-corrected chi connectivity index (χ4v) is 2.78. The van der Waals surface area contributed by atoms with Crippen molar-refractivity contribution in [3.8, 4) is 6.07 Å². The summed E-state index contributed by atoms with van der Waals surface area (Å²) in [6.45, 7) is 2.92. The van der Waals surface area contributed by atoms with Crippen LogP contribution in [0.1, 0.15) is 36.9 Å². The first-order chi connectivity index (χ1) is 7.24. The van der Waals surface area contributed by atoms with Crippen molar-refractivity contribution in [3.63, 3.8) is 0 Å². The molecule has 0 amide bonds. The Bertz CT molecular complexity index is 374.